The minimum Gasteiger partial charge on any atom is -0.490 e. The molecule has 1 aliphatic heterocycles. The molecular weight excluding hydrogens is 437 g/mol. The SMILES string of the molecule is CCOc1cc(/C=C2/SC(=O)N([C@H](C)C(=O)OC)C2=O)ccc1OCc1cccc(F)c1. The molecule has 7 nitrogen and oxygen atoms in total. The lowest BCUT2D eigenvalue weighted by atomic mass is 10.1. The topological polar surface area (TPSA) is 82.1 Å². The number of esters is 1. The first-order valence-electron chi connectivity index (χ1n) is 9.83. The van der Waals surface area contributed by atoms with Crippen LogP contribution in [0.2, 0.25) is 0 Å². The van der Waals surface area contributed by atoms with Crippen LogP contribution in [-0.2, 0) is 20.9 Å². The number of nitrogens with zero attached hydrogens (tertiary/aromatic N) is 1. The summed E-state index contributed by atoms with van der Waals surface area (Å²) in [6, 6.07) is 10.2. The molecule has 0 N–H and O–H groups in total. The largest absolute Gasteiger partial charge is 0.490 e. The molecule has 3 rings (SSSR count). The maximum absolute atomic E-state index is 13.4. The van der Waals surface area contributed by atoms with Crippen molar-refractivity contribution in [3.05, 3.63) is 64.3 Å². The first kappa shape index (κ1) is 23.3. The molecule has 2 aromatic rings. The van der Waals surface area contributed by atoms with Gasteiger partial charge in [0.1, 0.15) is 18.5 Å². The van der Waals surface area contributed by atoms with Gasteiger partial charge in [0.15, 0.2) is 11.5 Å². The molecule has 0 bridgehead atoms. The average molecular weight is 459 g/mol. The van der Waals surface area contributed by atoms with Gasteiger partial charge < -0.3 is 14.2 Å². The van der Waals surface area contributed by atoms with Crippen LogP contribution in [0.4, 0.5) is 9.18 Å². The zero-order valence-electron chi connectivity index (χ0n) is 17.8. The fraction of sp³-hybridized carbons (Fsp3) is 0.261. The van der Waals surface area contributed by atoms with Gasteiger partial charge in [0.2, 0.25) is 0 Å². The van der Waals surface area contributed by atoms with Gasteiger partial charge in [0.25, 0.3) is 11.1 Å². The van der Waals surface area contributed by atoms with E-state index in [2.05, 4.69) is 4.74 Å². The first-order chi connectivity index (χ1) is 15.3. The summed E-state index contributed by atoms with van der Waals surface area (Å²) in [6.45, 7) is 3.79. The van der Waals surface area contributed by atoms with Gasteiger partial charge >= 0.3 is 5.97 Å². The maximum Gasteiger partial charge on any atom is 0.328 e. The van der Waals surface area contributed by atoms with Crippen molar-refractivity contribution in [1.29, 1.82) is 0 Å². The first-order valence-corrected chi connectivity index (χ1v) is 10.6. The molecule has 1 fully saturated rings. The summed E-state index contributed by atoms with van der Waals surface area (Å²) in [5, 5.41) is -0.542. The third-order valence-corrected chi connectivity index (χ3v) is 5.49. The van der Waals surface area contributed by atoms with Crippen molar-refractivity contribution >= 4 is 35.0 Å². The van der Waals surface area contributed by atoms with Crippen LogP contribution < -0.4 is 9.47 Å². The van der Waals surface area contributed by atoms with Gasteiger partial charge in [-0.25, -0.2) is 9.18 Å². The minimum absolute atomic E-state index is 0.154. The predicted molar refractivity (Wildman–Crippen MR) is 118 cm³/mol. The highest BCUT2D eigenvalue weighted by molar-refractivity contribution is 8.18. The lowest BCUT2D eigenvalue weighted by Gasteiger charge is -2.18. The third kappa shape index (κ3) is 5.28. The van der Waals surface area contributed by atoms with Gasteiger partial charge in [0, 0.05) is 0 Å². The van der Waals surface area contributed by atoms with Crippen LogP contribution in [0.15, 0.2) is 47.4 Å². The average Bonchev–Trinajstić information content (AvgIpc) is 3.05. The second kappa shape index (κ2) is 10.3. The summed E-state index contributed by atoms with van der Waals surface area (Å²) < 4.78 is 29.4. The highest BCUT2D eigenvalue weighted by Gasteiger charge is 2.41. The van der Waals surface area contributed by atoms with E-state index in [0.717, 1.165) is 16.7 Å². The summed E-state index contributed by atoms with van der Waals surface area (Å²) in [5.41, 5.74) is 1.28. The van der Waals surface area contributed by atoms with Crippen molar-refractivity contribution in [2.45, 2.75) is 26.5 Å². The number of thioether (sulfide) groups is 1. The Labute approximate surface area is 189 Å². The molecule has 0 radical (unpaired) electrons. The van der Waals surface area contributed by atoms with Crippen molar-refractivity contribution < 1.29 is 33.0 Å². The fourth-order valence-electron chi connectivity index (χ4n) is 3.03. The van der Waals surface area contributed by atoms with E-state index in [4.69, 9.17) is 9.47 Å². The highest BCUT2D eigenvalue weighted by Crippen LogP contribution is 2.36. The molecule has 32 heavy (non-hydrogen) atoms. The Morgan fingerprint density at radius 2 is 1.94 bits per heavy atom. The zero-order valence-corrected chi connectivity index (χ0v) is 18.6. The Morgan fingerprint density at radius 1 is 1.16 bits per heavy atom. The second-order valence-electron chi connectivity index (χ2n) is 6.81. The minimum atomic E-state index is -1.02. The Kier molecular flexibility index (Phi) is 7.53. The molecule has 1 saturated heterocycles. The van der Waals surface area contributed by atoms with E-state index in [1.165, 1.54) is 26.2 Å². The molecular formula is C23H22FNO6S. The van der Waals surface area contributed by atoms with E-state index in [-0.39, 0.29) is 17.3 Å². The number of imide groups is 1. The zero-order chi connectivity index (χ0) is 23.3. The number of rotatable bonds is 8. The van der Waals surface area contributed by atoms with Crippen LogP contribution in [0.5, 0.6) is 11.5 Å². The summed E-state index contributed by atoms with van der Waals surface area (Å²) >= 11 is 0.748. The van der Waals surface area contributed by atoms with E-state index in [9.17, 15) is 18.8 Å². The van der Waals surface area contributed by atoms with Crippen molar-refractivity contribution in [3.8, 4) is 11.5 Å². The van der Waals surface area contributed by atoms with Crippen LogP contribution >= 0.6 is 11.8 Å². The van der Waals surface area contributed by atoms with Gasteiger partial charge in [-0.2, -0.15) is 0 Å². The second-order valence-corrected chi connectivity index (χ2v) is 7.80. The van der Waals surface area contributed by atoms with Crippen LogP contribution in [0.3, 0.4) is 0 Å². The van der Waals surface area contributed by atoms with Gasteiger partial charge in [-0.05, 0) is 67.1 Å². The van der Waals surface area contributed by atoms with Crippen LogP contribution in [0.1, 0.15) is 25.0 Å². The smallest absolute Gasteiger partial charge is 0.328 e. The van der Waals surface area contributed by atoms with E-state index in [1.807, 2.05) is 6.92 Å². The summed E-state index contributed by atoms with van der Waals surface area (Å²) in [7, 11) is 1.20. The number of benzene rings is 2. The molecule has 1 heterocycles. The molecule has 0 aromatic heterocycles. The van der Waals surface area contributed by atoms with Gasteiger partial charge in [-0.1, -0.05) is 18.2 Å². The molecule has 0 aliphatic carbocycles. The van der Waals surface area contributed by atoms with Crippen molar-refractivity contribution in [2.24, 2.45) is 0 Å². The van der Waals surface area contributed by atoms with E-state index in [0.29, 0.717) is 29.2 Å². The Balaban J connectivity index is 1.80. The molecule has 2 amide bonds. The number of methoxy groups -OCH3 is 1. The number of hydrogen-bond acceptors (Lipinski definition) is 7. The van der Waals surface area contributed by atoms with Crippen molar-refractivity contribution in [1.82, 2.24) is 4.90 Å². The number of amides is 2. The van der Waals surface area contributed by atoms with Crippen LogP contribution in [0, 0.1) is 5.82 Å². The molecule has 0 saturated carbocycles. The predicted octanol–water partition coefficient (Wildman–Crippen LogP) is 4.40. The van der Waals surface area contributed by atoms with E-state index < -0.39 is 23.2 Å². The van der Waals surface area contributed by atoms with Crippen molar-refractivity contribution in [3.63, 3.8) is 0 Å². The molecule has 168 valence electrons. The number of halogens is 1. The number of carbonyl (C=O) groups is 3. The summed E-state index contributed by atoms with van der Waals surface area (Å²) in [4.78, 5) is 37.7. The number of hydrogen-bond donors (Lipinski definition) is 0. The molecule has 0 spiro atoms. The Morgan fingerprint density at radius 3 is 2.62 bits per heavy atom. The van der Waals surface area contributed by atoms with Gasteiger partial charge in [0.05, 0.1) is 18.6 Å². The van der Waals surface area contributed by atoms with Gasteiger partial charge in [-0.3, -0.25) is 14.5 Å². The normalized spacial score (nSPS) is 15.8. The quantitative estimate of drug-likeness (QED) is 0.427. The van der Waals surface area contributed by atoms with Crippen LogP contribution in [-0.4, -0.2) is 41.8 Å². The molecule has 1 aliphatic rings. The van der Waals surface area contributed by atoms with Gasteiger partial charge in [-0.15, -0.1) is 0 Å². The molecule has 2 aromatic carbocycles. The third-order valence-electron chi connectivity index (χ3n) is 4.60. The monoisotopic (exact) mass is 459 g/mol. The highest BCUT2D eigenvalue weighted by atomic mass is 32.2. The number of ether oxygens (including phenoxy) is 3. The molecule has 0 unspecified atom stereocenters. The lowest BCUT2D eigenvalue weighted by molar-refractivity contribution is -0.148. The lowest BCUT2D eigenvalue weighted by Crippen LogP contribution is -2.42. The molecule has 1 atom stereocenters. The van der Waals surface area contributed by atoms with E-state index >= 15 is 0 Å². The molecule has 9 heteroatoms. The number of carbonyl (C=O) groups excluding carboxylic acids is 3. The Bertz CT molecular complexity index is 1070. The van der Waals surface area contributed by atoms with Crippen LogP contribution in [0.25, 0.3) is 6.08 Å². The summed E-state index contributed by atoms with van der Waals surface area (Å²) in [5.74, 6) is -0.684. The maximum atomic E-state index is 13.4. The van der Waals surface area contributed by atoms with Crippen molar-refractivity contribution in [2.75, 3.05) is 13.7 Å². The van der Waals surface area contributed by atoms with E-state index in [1.54, 1.807) is 36.4 Å². The summed E-state index contributed by atoms with van der Waals surface area (Å²) in [6.07, 6.45) is 1.55. The fourth-order valence-corrected chi connectivity index (χ4v) is 3.94. The Hall–Kier alpha value is -3.33. The standard InChI is InChI=1S/C23H22FNO6S/c1-4-30-19-11-15(8-9-18(19)31-13-16-6-5-7-17(24)10-16)12-20-21(26)25(23(28)32-20)14(2)22(27)29-3/h5-12,14H,4,13H2,1-3H3/b20-12+/t14-/m1/s1.